The number of nitrogen functional groups attached to an aromatic ring is 1. The van der Waals surface area contributed by atoms with Crippen LogP contribution in [0.4, 0.5) is 5.82 Å². The number of carbonyl (C=O) groups is 1. The lowest BCUT2D eigenvalue weighted by Crippen LogP contribution is -2.30. The number of hydrogen-bond acceptors (Lipinski definition) is 5. The maximum absolute atomic E-state index is 11.8. The predicted molar refractivity (Wildman–Crippen MR) is 59.9 cm³/mol. The van der Waals surface area contributed by atoms with Gasteiger partial charge in [0.25, 0.3) is 5.91 Å². The van der Waals surface area contributed by atoms with Crippen molar-refractivity contribution in [1.29, 1.82) is 0 Å². The Labute approximate surface area is 94.4 Å². The van der Waals surface area contributed by atoms with E-state index in [2.05, 4.69) is 9.97 Å². The van der Waals surface area contributed by atoms with E-state index in [1.54, 1.807) is 7.05 Å². The molecule has 2 N–H and O–H groups in total. The fourth-order valence-corrected chi connectivity index (χ4v) is 1.09. The van der Waals surface area contributed by atoms with Crippen LogP contribution in [-0.4, -0.2) is 47.6 Å². The van der Waals surface area contributed by atoms with Crippen molar-refractivity contribution in [3.8, 4) is 0 Å². The van der Waals surface area contributed by atoms with Gasteiger partial charge in [-0.05, 0) is 6.92 Å². The van der Waals surface area contributed by atoms with Crippen molar-refractivity contribution in [1.82, 2.24) is 14.9 Å². The topological polar surface area (TPSA) is 81.3 Å². The second-order valence-electron chi connectivity index (χ2n) is 3.25. The van der Waals surface area contributed by atoms with E-state index in [1.165, 1.54) is 17.3 Å². The van der Waals surface area contributed by atoms with E-state index >= 15 is 0 Å². The Balaban J connectivity index is 2.53. The van der Waals surface area contributed by atoms with Crippen molar-refractivity contribution < 1.29 is 9.53 Å². The summed E-state index contributed by atoms with van der Waals surface area (Å²) in [5, 5.41) is 0. The van der Waals surface area contributed by atoms with Crippen LogP contribution in [0.15, 0.2) is 12.4 Å². The molecule has 1 amide bonds. The van der Waals surface area contributed by atoms with Crippen LogP contribution in [0.1, 0.15) is 17.4 Å². The Morgan fingerprint density at radius 2 is 2.25 bits per heavy atom. The Morgan fingerprint density at radius 3 is 2.81 bits per heavy atom. The highest BCUT2D eigenvalue weighted by molar-refractivity contribution is 5.91. The van der Waals surface area contributed by atoms with E-state index in [-0.39, 0.29) is 11.6 Å². The van der Waals surface area contributed by atoms with Crippen LogP contribution >= 0.6 is 0 Å². The molecule has 0 aliphatic heterocycles. The third-order valence-electron chi connectivity index (χ3n) is 2.01. The lowest BCUT2D eigenvalue weighted by atomic mass is 10.4. The Hall–Kier alpha value is -1.69. The molecule has 0 saturated carbocycles. The molecule has 0 radical (unpaired) electrons. The van der Waals surface area contributed by atoms with E-state index in [4.69, 9.17) is 10.5 Å². The van der Waals surface area contributed by atoms with Gasteiger partial charge >= 0.3 is 0 Å². The van der Waals surface area contributed by atoms with Gasteiger partial charge in [-0.2, -0.15) is 0 Å². The summed E-state index contributed by atoms with van der Waals surface area (Å²) in [4.78, 5) is 21.0. The Morgan fingerprint density at radius 1 is 1.50 bits per heavy atom. The Kier molecular flexibility index (Phi) is 4.65. The van der Waals surface area contributed by atoms with Gasteiger partial charge in [0, 0.05) is 20.2 Å². The molecule has 6 heteroatoms. The van der Waals surface area contributed by atoms with E-state index in [0.29, 0.717) is 25.6 Å². The minimum Gasteiger partial charge on any atom is -0.382 e. The number of anilines is 1. The molecule has 0 unspecified atom stereocenters. The summed E-state index contributed by atoms with van der Waals surface area (Å²) in [5.74, 6) is 0.112. The van der Waals surface area contributed by atoms with Crippen molar-refractivity contribution in [2.45, 2.75) is 6.92 Å². The third kappa shape index (κ3) is 3.47. The number of rotatable bonds is 5. The number of amides is 1. The molecule has 1 heterocycles. The number of ether oxygens (including phenoxy) is 1. The van der Waals surface area contributed by atoms with Crippen molar-refractivity contribution in [2.24, 2.45) is 0 Å². The first kappa shape index (κ1) is 12.4. The van der Waals surface area contributed by atoms with Gasteiger partial charge in [0.15, 0.2) is 0 Å². The van der Waals surface area contributed by atoms with Gasteiger partial charge in [0.2, 0.25) is 0 Å². The van der Waals surface area contributed by atoms with E-state index in [0.717, 1.165) is 0 Å². The van der Waals surface area contributed by atoms with Gasteiger partial charge in [-0.25, -0.2) is 9.97 Å². The largest absolute Gasteiger partial charge is 0.382 e. The van der Waals surface area contributed by atoms with Crippen LogP contribution in [0.2, 0.25) is 0 Å². The highest BCUT2D eigenvalue weighted by atomic mass is 16.5. The first-order valence-corrected chi connectivity index (χ1v) is 5.06. The standard InChI is InChI=1S/C10H16N4O2/c1-3-16-5-4-14(2)10(15)8-6-13-9(11)7-12-8/h6-7H,3-5H2,1-2H3,(H2,11,13). The minimum atomic E-state index is -0.188. The molecular weight excluding hydrogens is 208 g/mol. The predicted octanol–water partition coefficient (Wildman–Crippen LogP) is 0.167. The summed E-state index contributed by atoms with van der Waals surface area (Å²) in [7, 11) is 1.69. The van der Waals surface area contributed by atoms with Gasteiger partial charge in [-0.15, -0.1) is 0 Å². The summed E-state index contributed by atoms with van der Waals surface area (Å²) in [6.45, 7) is 3.59. The van der Waals surface area contributed by atoms with Crippen molar-refractivity contribution in [3.63, 3.8) is 0 Å². The van der Waals surface area contributed by atoms with Gasteiger partial charge in [-0.3, -0.25) is 4.79 Å². The van der Waals surface area contributed by atoms with Gasteiger partial charge in [0.05, 0.1) is 19.0 Å². The summed E-state index contributed by atoms with van der Waals surface area (Å²) in [5.41, 5.74) is 5.67. The molecule has 0 atom stereocenters. The summed E-state index contributed by atoms with van der Waals surface area (Å²) in [6.07, 6.45) is 2.73. The molecule has 1 aromatic rings. The van der Waals surface area contributed by atoms with Crippen LogP contribution in [0.5, 0.6) is 0 Å². The molecule has 1 aromatic heterocycles. The number of carbonyl (C=O) groups excluding carboxylic acids is 1. The average molecular weight is 224 g/mol. The minimum absolute atomic E-state index is 0.188. The number of likely N-dealkylation sites (N-methyl/N-ethyl adjacent to an activating group) is 1. The lowest BCUT2D eigenvalue weighted by Gasteiger charge is -2.16. The number of aromatic nitrogens is 2. The summed E-state index contributed by atoms with van der Waals surface area (Å²) < 4.78 is 5.16. The van der Waals surface area contributed by atoms with E-state index in [1.807, 2.05) is 6.92 Å². The molecule has 0 aliphatic rings. The summed E-state index contributed by atoms with van der Waals surface area (Å²) >= 11 is 0. The zero-order valence-corrected chi connectivity index (χ0v) is 9.51. The third-order valence-corrected chi connectivity index (χ3v) is 2.01. The zero-order chi connectivity index (χ0) is 12.0. The van der Waals surface area contributed by atoms with Gasteiger partial charge in [0.1, 0.15) is 11.5 Å². The lowest BCUT2D eigenvalue weighted by molar-refractivity contribution is 0.0704. The quantitative estimate of drug-likeness (QED) is 0.721. The van der Waals surface area contributed by atoms with Crippen LogP contribution in [0.3, 0.4) is 0 Å². The van der Waals surface area contributed by atoms with Crippen LogP contribution < -0.4 is 5.73 Å². The molecule has 0 saturated heterocycles. The fourth-order valence-electron chi connectivity index (χ4n) is 1.09. The Bertz CT molecular complexity index is 339. The summed E-state index contributed by atoms with van der Waals surface area (Å²) in [6, 6.07) is 0. The molecule has 1 rings (SSSR count). The highest BCUT2D eigenvalue weighted by Crippen LogP contribution is 2.00. The second-order valence-corrected chi connectivity index (χ2v) is 3.25. The van der Waals surface area contributed by atoms with Crippen LogP contribution in [0, 0.1) is 0 Å². The molecule has 0 bridgehead atoms. The first-order chi connectivity index (χ1) is 7.65. The molecule has 0 aromatic carbocycles. The molecule has 6 nitrogen and oxygen atoms in total. The smallest absolute Gasteiger partial charge is 0.273 e. The molecule has 0 aliphatic carbocycles. The van der Waals surface area contributed by atoms with Crippen molar-refractivity contribution in [2.75, 3.05) is 32.5 Å². The van der Waals surface area contributed by atoms with E-state index < -0.39 is 0 Å². The molecule has 88 valence electrons. The number of nitrogens with two attached hydrogens (primary N) is 1. The molecular formula is C10H16N4O2. The molecule has 16 heavy (non-hydrogen) atoms. The van der Waals surface area contributed by atoms with Gasteiger partial charge < -0.3 is 15.4 Å². The SMILES string of the molecule is CCOCCN(C)C(=O)c1cnc(N)cn1. The van der Waals surface area contributed by atoms with Crippen molar-refractivity contribution >= 4 is 11.7 Å². The van der Waals surface area contributed by atoms with E-state index in [9.17, 15) is 4.79 Å². The van der Waals surface area contributed by atoms with Crippen LogP contribution in [0.25, 0.3) is 0 Å². The molecule has 0 fully saturated rings. The zero-order valence-electron chi connectivity index (χ0n) is 9.51. The monoisotopic (exact) mass is 224 g/mol. The fraction of sp³-hybridized carbons (Fsp3) is 0.500. The average Bonchev–Trinajstić information content (AvgIpc) is 2.29. The first-order valence-electron chi connectivity index (χ1n) is 5.06. The van der Waals surface area contributed by atoms with Gasteiger partial charge in [-0.1, -0.05) is 0 Å². The van der Waals surface area contributed by atoms with Crippen molar-refractivity contribution in [3.05, 3.63) is 18.1 Å². The number of hydrogen-bond donors (Lipinski definition) is 1. The second kappa shape index (κ2) is 6.02. The normalized spacial score (nSPS) is 10.1. The highest BCUT2D eigenvalue weighted by Gasteiger charge is 2.12. The van der Waals surface area contributed by atoms with Crippen LogP contribution in [-0.2, 0) is 4.74 Å². The maximum Gasteiger partial charge on any atom is 0.273 e. The molecule has 0 spiro atoms. The maximum atomic E-state index is 11.8. The number of nitrogens with zero attached hydrogens (tertiary/aromatic N) is 3.